The highest BCUT2D eigenvalue weighted by Crippen LogP contribution is 2.43. The van der Waals surface area contributed by atoms with Crippen molar-refractivity contribution in [1.82, 2.24) is 0 Å². The molecule has 0 heterocycles. The fraction of sp³-hybridized carbons (Fsp3) is 0.278. The van der Waals surface area contributed by atoms with Crippen molar-refractivity contribution in [1.29, 1.82) is 0 Å². The Labute approximate surface area is 125 Å². The summed E-state index contributed by atoms with van der Waals surface area (Å²) in [4.78, 5) is 12.0. The molecule has 3 nitrogen and oxygen atoms in total. The van der Waals surface area contributed by atoms with Crippen molar-refractivity contribution in [2.75, 3.05) is 7.11 Å². The van der Waals surface area contributed by atoms with E-state index in [0.717, 1.165) is 16.7 Å². The smallest absolute Gasteiger partial charge is 0.225 e. The molecule has 0 saturated heterocycles. The molecule has 0 radical (unpaired) electrons. The Morgan fingerprint density at radius 1 is 1.38 bits per heavy atom. The van der Waals surface area contributed by atoms with Gasteiger partial charge in [0.25, 0.3) is 0 Å². The summed E-state index contributed by atoms with van der Waals surface area (Å²) in [5.74, 6) is -0.149. The maximum Gasteiger partial charge on any atom is 0.225 e. The van der Waals surface area contributed by atoms with Gasteiger partial charge in [-0.05, 0) is 42.7 Å². The molecule has 0 aliphatic heterocycles. The lowest BCUT2D eigenvalue weighted by Crippen LogP contribution is -2.41. The Bertz CT molecular complexity index is 622. The first kappa shape index (κ1) is 15.1. The van der Waals surface area contributed by atoms with Crippen LogP contribution in [-0.4, -0.2) is 13.0 Å². The zero-order valence-corrected chi connectivity index (χ0v) is 12.7. The van der Waals surface area contributed by atoms with Gasteiger partial charge < -0.3 is 10.5 Å². The third-order valence-corrected chi connectivity index (χ3v) is 4.14. The Morgan fingerprint density at radius 3 is 2.48 bits per heavy atom. The van der Waals surface area contributed by atoms with Gasteiger partial charge in [0.2, 0.25) is 5.91 Å². The van der Waals surface area contributed by atoms with E-state index in [1.165, 1.54) is 0 Å². The molecule has 3 heteroatoms. The number of nitrogens with two attached hydrogens (primary N) is 1. The minimum absolute atomic E-state index is 0.375. The van der Waals surface area contributed by atoms with Crippen molar-refractivity contribution >= 4 is 5.91 Å². The van der Waals surface area contributed by atoms with Crippen LogP contribution < -0.4 is 5.73 Å². The molecule has 1 aromatic rings. The largest absolute Gasteiger partial charge is 0.497 e. The molecule has 1 aliphatic carbocycles. The number of hydrogen-bond acceptors (Lipinski definition) is 2. The lowest BCUT2D eigenvalue weighted by molar-refractivity contribution is -0.121. The monoisotopic (exact) mass is 283 g/mol. The van der Waals surface area contributed by atoms with E-state index in [4.69, 9.17) is 10.5 Å². The van der Waals surface area contributed by atoms with Crippen LogP contribution in [-0.2, 0) is 14.9 Å². The zero-order chi connectivity index (χ0) is 15.6. The molecule has 2 rings (SSSR count). The minimum atomic E-state index is -0.679. The molecule has 0 bridgehead atoms. The van der Waals surface area contributed by atoms with E-state index >= 15 is 0 Å². The highest BCUT2D eigenvalue weighted by atomic mass is 16.5. The van der Waals surface area contributed by atoms with E-state index in [1.807, 2.05) is 38.1 Å². The first-order valence-corrected chi connectivity index (χ1v) is 6.91. The Kier molecular flexibility index (Phi) is 4.03. The molecule has 2 unspecified atom stereocenters. The number of benzene rings is 1. The number of carbonyl (C=O) groups excluding carboxylic acids is 1. The number of aryl methyl sites for hydroxylation is 2. The molecule has 0 aromatic heterocycles. The number of amides is 1. The van der Waals surface area contributed by atoms with Gasteiger partial charge in [-0.2, -0.15) is 0 Å². The molecule has 1 aliphatic rings. The normalized spacial score (nSPS) is 24.3. The minimum Gasteiger partial charge on any atom is -0.497 e. The first-order valence-electron chi connectivity index (χ1n) is 6.91. The molecule has 1 aromatic carbocycles. The summed E-state index contributed by atoms with van der Waals surface area (Å²) in [5.41, 5.74) is 8.21. The highest BCUT2D eigenvalue weighted by molar-refractivity contribution is 5.83. The molecular weight excluding hydrogens is 262 g/mol. The van der Waals surface area contributed by atoms with Crippen LogP contribution in [0.2, 0.25) is 0 Å². The van der Waals surface area contributed by atoms with Crippen molar-refractivity contribution in [2.24, 2.45) is 11.7 Å². The summed E-state index contributed by atoms with van der Waals surface area (Å²) >= 11 is 0. The van der Waals surface area contributed by atoms with Crippen LogP contribution in [0.1, 0.15) is 16.7 Å². The Hall–Kier alpha value is -2.29. The van der Waals surface area contributed by atoms with Crippen molar-refractivity contribution in [3.8, 4) is 0 Å². The number of allylic oxidation sites excluding steroid dienone is 3. The molecule has 0 fully saturated rings. The fourth-order valence-corrected chi connectivity index (χ4v) is 3.19. The van der Waals surface area contributed by atoms with Gasteiger partial charge in [-0.3, -0.25) is 4.79 Å². The van der Waals surface area contributed by atoms with E-state index in [9.17, 15) is 4.79 Å². The van der Waals surface area contributed by atoms with Gasteiger partial charge in [-0.15, -0.1) is 6.58 Å². The maximum atomic E-state index is 12.0. The summed E-state index contributed by atoms with van der Waals surface area (Å²) in [5, 5.41) is 0. The number of primary amides is 1. The summed E-state index contributed by atoms with van der Waals surface area (Å²) in [6.45, 7) is 8.04. The maximum absolute atomic E-state index is 12.0. The van der Waals surface area contributed by atoms with Crippen LogP contribution in [0.25, 0.3) is 0 Å². The van der Waals surface area contributed by atoms with Gasteiger partial charge >= 0.3 is 0 Å². The Morgan fingerprint density at radius 2 is 2.00 bits per heavy atom. The highest BCUT2D eigenvalue weighted by Gasteiger charge is 2.42. The third kappa shape index (κ3) is 2.40. The van der Waals surface area contributed by atoms with Crippen molar-refractivity contribution < 1.29 is 9.53 Å². The van der Waals surface area contributed by atoms with Crippen LogP contribution in [0.3, 0.4) is 0 Å². The zero-order valence-electron chi connectivity index (χ0n) is 12.7. The van der Waals surface area contributed by atoms with Gasteiger partial charge in [0.05, 0.1) is 18.4 Å². The molecule has 2 atom stereocenters. The average Bonchev–Trinajstić information content (AvgIpc) is 2.46. The summed E-state index contributed by atoms with van der Waals surface area (Å²) < 4.78 is 5.35. The number of hydrogen-bond donors (Lipinski definition) is 1. The first-order chi connectivity index (χ1) is 9.96. The molecule has 110 valence electrons. The third-order valence-electron chi connectivity index (χ3n) is 4.14. The van der Waals surface area contributed by atoms with E-state index in [-0.39, 0.29) is 5.91 Å². The van der Waals surface area contributed by atoms with Gasteiger partial charge in [0.15, 0.2) is 0 Å². The van der Waals surface area contributed by atoms with Gasteiger partial charge in [0.1, 0.15) is 5.76 Å². The molecule has 21 heavy (non-hydrogen) atoms. The van der Waals surface area contributed by atoms with Crippen molar-refractivity contribution in [2.45, 2.75) is 19.3 Å². The molecule has 0 saturated carbocycles. The summed E-state index contributed by atoms with van der Waals surface area (Å²) in [7, 11) is 1.61. The predicted molar refractivity (Wildman–Crippen MR) is 84.7 cm³/mol. The second kappa shape index (κ2) is 5.60. The topological polar surface area (TPSA) is 52.3 Å². The standard InChI is InChI=1S/C18H21NO2/c1-5-18(16-12(2)7-6-8-13(16)3)11-14(21-4)9-10-15(18)17(19)20/h5-11,15H,1H2,2-4H3,(H2,19,20). The van der Waals surface area contributed by atoms with Crippen molar-refractivity contribution in [3.63, 3.8) is 0 Å². The number of methoxy groups -OCH3 is 1. The predicted octanol–water partition coefficient (Wildman–Crippen LogP) is 2.93. The average molecular weight is 283 g/mol. The fourth-order valence-electron chi connectivity index (χ4n) is 3.19. The lowest BCUT2D eigenvalue weighted by atomic mass is 9.65. The van der Waals surface area contributed by atoms with E-state index in [1.54, 1.807) is 25.3 Å². The van der Waals surface area contributed by atoms with Gasteiger partial charge in [0, 0.05) is 0 Å². The molecule has 1 amide bonds. The molecule has 2 N–H and O–H groups in total. The van der Waals surface area contributed by atoms with E-state index in [2.05, 4.69) is 6.58 Å². The van der Waals surface area contributed by atoms with Crippen LogP contribution in [0.5, 0.6) is 0 Å². The number of rotatable bonds is 4. The molecular formula is C18H21NO2. The number of ether oxygens (including phenoxy) is 1. The summed E-state index contributed by atoms with van der Waals surface area (Å²) in [6.07, 6.45) is 7.31. The summed E-state index contributed by atoms with van der Waals surface area (Å²) in [6, 6.07) is 6.07. The second-order valence-electron chi connectivity index (χ2n) is 5.39. The van der Waals surface area contributed by atoms with Gasteiger partial charge in [-0.1, -0.05) is 30.4 Å². The Balaban J connectivity index is 2.77. The second-order valence-corrected chi connectivity index (χ2v) is 5.39. The number of carbonyl (C=O) groups is 1. The van der Waals surface area contributed by atoms with Crippen LogP contribution in [0.15, 0.2) is 54.8 Å². The van der Waals surface area contributed by atoms with Crippen molar-refractivity contribution in [3.05, 3.63) is 71.5 Å². The van der Waals surface area contributed by atoms with Crippen LogP contribution >= 0.6 is 0 Å². The SMILES string of the molecule is C=CC1(c2c(C)cccc2C)C=C(OC)C=CC1C(N)=O. The van der Waals surface area contributed by atoms with Crippen LogP contribution in [0, 0.1) is 19.8 Å². The van der Waals surface area contributed by atoms with E-state index < -0.39 is 11.3 Å². The van der Waals surface area contributed by atoms with Crippen LogP contribution in [0.4, 0.5) is 0 Å². The molecule has 0 spiro atoms. The van der Waals surface area contributed by atoms with E-state index in [0.29, 0.717) is 5.76 Å². The lowest BCUT2D eigenvalue weighted by Gasteiger charge is -2.37. The quantitative estimate of drug-likeness (QED) is 0.864. The van der Waals surface area contributed by atoms with Gasteiger partial charge in [-0.25, -0.2) is 0 Å².